The number of benzene rings is 1. The van der Waals surface area contributed by atoms with Crippen LogP contribution in [0.5, 0.6) is 0 Å². The van der Waals surface area contributed by atoms with E-state index in [9.17, 15) is 4.79 Å². The number of carbonyl (C=O) groups is 1. The fourth-order valence-corrected chi connectivity index (χ4v) is 3.61. The molecule has 1 N–H and O–H groups in total. The molecule has 0 bridgehead atoms. The quantitative estimate of drug-likeness (QED) is 0.762. The molecule has 3 aromatic rings. The lowest BCUT2D eigenvalue weighted by atomic mass is 10.1. The lowest BCUT2D eigenvalue weighted by molar-refractivity contribution is -0.115. The van der Waals surface area contributed by atoms with E-state index in [-0.39, 0.29) is 5.91 Å². The largest absolute Gasteiger partial charge is 0.302 e. The first kappa shape index (κ1) is 17.4. The molecule has 2 heterocycles. The van der Waals surface area contributed by atoms with Crippen LogP contribution in [0.1, 0.15) is 33.0 Å². The molecule has 0 atom stereocenters. The van der Waals surface area contributed by atoms with Crippen molar-refractivity contribution in [3.05, 3.63) is 63.4 Å². The Morgan fingerprint density at radius 2 is 1.92 bits per heavy atom. The summed E-state index contributed by atoms with van der Waals surface area (Å²) in [5, 5.41) is 7.90. The number of aromatic nitrogens is 3. The fraction of sp³-hybridized carbons (Fsp3) is 0.316. The Bertz CT molecular complexity index is 893. The van der Waals surface area contributed by atoms with Gasteiger partial charge < -0.3 is 5.32 Å². The number of rotatable bonds is 5. The lowest BCUT2D eigenvalue weighted by Gasteiger charge is -2.03. The van der Waals surface area contributed by atoms with Crippen LogP contribution >= 0.6 is 11.3 Å². The zero-order valence-electron chi connectivity index (χ0n) is 15.0. The predicted octanol–water partition coefficient (Wildman–Crippen LogP) is 3.57. The molecule has 3 rings (SSSR count). The van der Waals surface area contributed by atoms with Gasteiger partial charge in [-0.1, -0.05) is 29.8 Å². The zero-order chi connectivity index (χ0) is 18.0. The van der Waals surface area contributed by atoms with Crippen molar-refractivity contribution in [2.24, 2.45) is 7.05 Å². The monoisotopic (exact) mass is 354 g/mol. The summed E-state index contributed by atoms with van der Waals surface area (Å²) >= 11 is 1.52. The Labute approximate surface area is 151 Å². The van der Waals surface area contributed by atoms with Crippen LogP contribution in [0, 0.1) is 20.8 Å². The number of hydrogen-bond donors (Lipinski definition) is 1. The number of amides is 1. The molecule has 0 fully saturated rings. The van der Waals surface area contributed by atoms with Crippen molar-refractivity contribution >= 4 is 22.4 Å². The summed E-state index contributed by atoms with van der Waals surface area (Å²) in [6, 6.07) is 8.47. The van der Waals surface area contributed by atoms with Gasteiger partial charge in [-0.2, -0.15) is 5.10 Å². The molecule has 0 unspecified atom stereocenters. The van der Waals surface area contributed by atoms with Gasteiger partial charge in [0.1, 0.15) is 0 Å². The van der Waals surface area contributed by atoms with Gasteiger partial charge in [-0.3, -0.25) is 9.48 Å². The summed E-state index contributed by atoms with van der Waals surface area (Å²) < 4.78 is 1.81. The molecular weight excluding hydrogens is 332 g/mol. The molecule has 130 valence electrons. The summed E-state index contributed by atoms with van der Waals surface area (Å²) in [7, 11) is 1.89. The fourth-order valence-electron chi connectivity index (χ4n) is 2.75. The maximum absolute atomic E-state index is 12.3. The Hall–Kier alpha value is -2.47. The number of carbonyl (C=O) groups excluding carboxylic acids is 1. The topological polar surface area (TPSA) is 59.8 Å². The summed E-state index contributed by atoms with van der Waals surface area (Å²) in [6.07, 6.45) is 2.98. The van der Waals surface area contributed by atoms with Gasteiger partial charge in [0, 0.05) is 35.8 Å². The number of anilines is 1. The average molecular weight is 354 g/mol. The van der Waals surface area contributed by atoms with E-state index in [1.165, 1.54) is 22.5 Å². The molecule has 0 radical (unpaired) electrons. The standard InChI is InChI=1S/C19H22N4OS/c1-12-5-7-15(8-6-12)9-16-11-20-19(25-16)21-18(24)10-17-13(2)22-23(4)14(17)3/h5-8,11H,9-10H2,1-4H3,(H,20,21,24). The van der Waals surface area contributed by atoms with E-state index in [1.54, 1.807) is 4.68 Å². The van der Waals surface area contributed by atoms with Crippen LogP contribution in [0.3, 0.4) is 0 Å². The normalized spacial score (nSPS) is 10.9. The van der Waals surface area contributed by atoms with E-state index in [4.69, 9.17) is 0 Å². The molecule has 0 saturated heterocycles. The van der Waals surface area contributed by atoms with Gasteiger partial charge in [0.05, 0.1) is 12.1 Å². The second-order valence-corrected chi connectivity index (χ2v) is 7.41. The maximum atomic E-state index is 12.3. The first-order chi connectivity index (χ1) is 11.9. The second-order valence-electron chi connectivity index (χ2n) is 6.29. The Kier molecular flexibility index (Phi) is 4.99. The van der Waals surface area contributed by atoms with Crippen molar-refractivity contribution in [3.8, 4) is 0 Å². The van der Waals surface area contributed by atoms with Gasteiger partial charge in [-0.25, -0.2) is 4.98 Å². The Balaban J connectivity index is 1.62. The van der Waals surface area contributed by atoms with Crippen LogP contribution in [-0.4, -0.2) is 20.7 Å². The summed E-state index contributed by atoms with van der Waals surface area (Å²) in [6.45, 7) is 5.99. The summed E-state index contributed by atoms with van der Waals surface area (Å²) in [4.78, 5) is 17.8. The van der Waals surface area contributed by atoms with Crippen LogP contribution < -0.4 is 5.32 Å². The molecule has 0 aliphatic heterocycles. The first-order valence-electron chi connectivity index (χ1n) is 8.21. The number of hydrogen-bond acceptors (Lipinski definition) is 4. The van der Waals surface area contributed by atoms with E-state index in [1.807, 2.05) is 27.1 Å². The third-order valence-electron chi connectivity index (χ3n) is 4.30. The SMILES string of the molecule is Cc1ccc(Cc2cnc(NC(=O)Cc3c(C)nn(C)c3C)s2)cc1. The Morgan fingerprint density at radius 1 is 1.20 bits per heavy atom. The molecule has 6 heteroatoms. The molecule has 25 heavy (non-hydrogen) atoms. The smallest absolute Gasteiger partial charge is 0.230 e. The van der Waals surface area contributed by atoms with E-state index in [0.29, 0.717) is 11.6 Å². The predicted molar refractivity (Wildman–Crippen MR) is 101 cm³/mol. The van der Waals surface area contributed by atoms with E-state index < -0.39 is 0 Å². The van der Waals surface area contributed by atoms with Crippen LogP contribution in [0.4, 0.5) is 5.13 Å². The lowest BCUT2D eigenvalue weighted by Crippen LogP contribution is -2.15. The van der Waals surface area contributed by atoms with Crippen molar-refractivity contribution in [2.45, 2.75) is 33.6 Å². The molecule has 1 amide bonds. The molecule has 0 saturated carbocycles. The number of aryl methyl sites for hydroxylation is 3. The highest BCUT2D eigenvalue weighted by atomic mass is 32.1. The highest BCUT2D eigenvalue weighted by Crippen LogP contribution is 2.22. The number of thiazole rings is 1. The van der Waals surface area contributed by atoms with Crippen molar-refractivity contribution in [1.82, 2.24) is 14.8 Å². The highest BCUT2D eigenvalue weighted by molar-refractivity contribution is 7.15. The summed E-state index contributed by atoms with van der Waals surface area (Å²) in [5.74, 6) is -0.0598. The van der Waals surface area contributed by atoms with Crippen molar-refractivity contribution in [3.63, 3.8) is 0 Å². The highest BCUT2D eigenvalue weighted by Gasteiger charge is 2.14. The van der Waals surface area contributed by atoms with E-state index >= 15 is 0 Å². The van der Waals surface area contributed by atoms with Crippen molar-refractivity contribution < 1.29 is 4.79 Å². The first-order valence-corrected chi connectivity index (χ1v) is 9.03. The average Bonchev–Trinajstić information content (AvgIpc) is 3.09. The van der Waals surface area contributed by atoms with Crippen molar-refractivity contribution in [1.29, 1.82) is 0 Å². The number of nitrogens with zero attached hydrogens (tertiary/aromatic N) is 3. The maximum Gasteiger partial charge on any atom is 0.230 e. The Morgan fingerprint density at radius 3 is 2.56 bits per heavy atom. The van der Waals surface area contributed by atoms with Crippen LogP contribution in [0.2, 0.25) is 0 Å². The van der Waals surface area contributed by atoms with Crippen LogP contribution in [0.25, 0.3) is 0 Å². The minimum atomic E-state index is -0.0598. The van der Waals surface area contributed by atoms with Crippen LogP contribution in [0.15, 0.2) is 30.5 Å². The van der Waals surface area contributed by atoms with Gasteiger partial charge in [0.15, 0.2) is 5.13 Å². The third-order valence-corrected chi connectivity index (χ3v) is 5.21. The van der Waals surface area contributed by atoms with Gasteiger partial charge in [0.25, 0.3) is 0 Å². The number of nitrogens with one attached hydrogen (secondary N) is 1. The van der Waals surface area contributed by atoms with E-state index in [0.717, 1.165) is 28.2 Å². The molecule has 5 nitrogen and oxygen atoms in total. The molecule has 0 aliphatic rings. The van der Waals surface area contributed by atoms with Gasteiger partial charge in [-0.15, -0.1) is 11.3 Å². The minimum absolute atomic E-state index is 0.0598. The van der Waals surface area contributed by atoms with E-state index in [2.05, 4.69) is 46.6 Å². The minimum Gasteiger partial charge on any atom is -0.302 e. The van der Waals surface area contributed by atoms with Crippen LogP contribution in [-0.2, 0) is 24.7 Å². The molecule has 1 aromatic carbocycles. The van der Waals surface area contributed by atoms with Gasteiger partial charge >= 0.3 is 0 Å². The zero-order valence-corrected chi connectivity index (χ0v) is 15.8. The van der Waals surface area contributed by atoms with Gasteiger partial charge in [0.2, 0.25) is 5.91 Å². The van der Waals surface area contributed by atoms with Gasteiger partial charge in [-0.05, 0) is 26.3 Å². The third kappa shape index (κ3) is 4.14. The molecule has 0 spiro atoms. The van der Waals surface area contributed by atoms with Crippen molar-refractivity contribution in [2.75, 3.05) is 5.32 Å². The molecule has 2 aromatic heterocycles. The molecular formula is C19H22N4OS. The molecule has 0 aliphatic carbocycles. The second kappa shape index (κ2) is 7.19. The summed E-state index contributed by atoms with van der Waals surface area (Å²) in [5.41, 5.74) is 5.40.